The number of hydrogen-bond donors (Lipinski definition) is 1. The van der Waals surface area contributed by atoms with Crippen LogP contribution in [-0.2, 0) is 31.3 Å². The number of amides is 1. The molecular weight excluding hydrogens is 474 g/mol. The van der Waals surface area contributed by atoms with E-state index in [1.807, 2.05) is 0 Å². The lowest BCUT2D eigenvalue weighted by molar-refractivity contribution is -0.115. The minimum Gasteiger partial charge on any atom is -0.326 e. The molecule has 0 aliphatic heterocycles. The molecule has 0 aromatic heterocycles. The number of nitrogens with zero attached hydrogens (tertiary/aromatic N) is 2. The number of sulfonamides is 2. The Bertz CT molecular complexity index is 1390. The summed E-state index contributed by atoms with van der Waals surface area (Å²) >= 11 is 0. The summed E-state index contributed by atoms with van der Waals surface area (Å²) in [6.07, 6.45) is 0.0412. The molecule has 0 saturated carbocycles. The van der Waals surface area contributed by atoms with Crippen LogP contribution in [0.4, 0.5) is 11.4 Å². The summed E-state index contributed by atoms with van der Waals surface area (Å²) in [4.78, 5) is 12.9. The molecule has 0 aliphatic carbocycles. The highest BCUT2D eigenvalue weighted by atomic mass is 32.2. The van der Waals surface area contributed by atoms with Crippen LogP contribution in [0.1, 0.15) is 11.1 Å². The number of anilines is 2. The normalized spacial score (nSPS) is 11.9. The molecule has 0 unspecified atom stereocenters. The van der Waals surface area contributed by atoms with Crippen LogP contribution in [0.25, 0.3) is 0 Å². The molecule has 0 heterocycles. The number of benzene rings is 3. The largest absolute Gasteiger partial charge is 0.326 e. The topological polar surface area (TPSA) is 104 Å². The Morgan fingerprint density at radius 1 is 0.794 bits per heavy atom. The molecule has 0 aliphatic rings. The molecule has 1 N–H and O–H groups in total. The van der Waals surface area contributed by atoms with Gasteiger partial charge in [-0.25, -0.2) is 21.1 Å². The zero-order chi connectivity index (χ0) is 25.1. The molecule has 0 spiro atoms. The van der Waals surface area contributed by atoms with Crippen molar-refractivity contribution in [1.29, 1.82) is 0 Å². The standard InChI is InChI=1S/C24H27N3O5S2/c1-18-10-15-22(33(29,30)26(2)3)17-23(18)25-24(28)16-19-11-13-20(14-12-19)27(4)34(31,32)21-8-6-5-7-9-21/h5-15,17H,16H2,1-4H3,(H,25,28). The van der Waals surface area contributed by atoms with E-state index in [9.17, 15) is 21.6 Å². The first-order valence-electron chi connectivity index (χ1n) is 10.4. The van der Waals surface area contributed by atoms with Crippen molar-refractivity contribution in [2.75, 3.05) is 30.8 Å². The summed E-state index contributed by atoms with van der Waals surface area (Å²) in [6, 6.07) is 19.4. The smallest absolute Gasteiger partial charge is 0.264 e. The first-order chi connectivity index (χ1) is 15.9. The zero-order valence-electron chi connectivity index (χ0n) is 19.4. The highest BCUT2D eigenvalue weighted by Gasteiger charge is 2.21. The van der Waals surface area contributed by atoms with Crippen LogP contribution >= 0.6 is 0 Å². The summed E-state index contributed by atoms with van der Waals surface area (Å²) < 4.78 is 52.6. The lowest BCUT2D eigenvalue weighted by Crippen LogP contribution is -2.26. The van der Waals surface area contributed by atoms with Crippen molar-refractivity contribution in [2.24, 2.45) is 0 Å². The van der Waals surface area contributed by atoms with E-state index in [4.69, 9.17) is 0 Å². The number of carbonyl (C=O) groups excluding carboxylic acids is 1. The molecule has 3 aromatic carbocycles. The van der Waals surface area contributed by atoms with E-state index in [-0.39, 0.29) is 22.1 Å². The van der Waals surface area contributed by atoms with Gasteiger partial charge in [0.15, 0.2) is 0 Å². The Morgan fingerprint density at radius 2 is 1.41 bits per heavy atom. The monoisotopic (exact) mass is 501 g/mol. The van der Waals surface area contributed by atoms with Gasteiger partial charge in [-0.2, -0.15) is 0 Å². The molecular formula is C24H27N3O5S2. The van der Waals surface area contributed by atoms with Gasteiger partial charge in [-0.05, 0) is 54.4 Å². The van der Waals surface area contributed by atoms with Crippen LogP contribution in [0.5, 0.6) is 0 Å². The Balaban J connectivity index is 1.72. The van der Waals surface area contributed by atoms with Crippen molar-refractivity contribution in [3.63, 3.8) is 0 Å². The quantitative estimate of drug-likeness (QED) is 0.510. The van der Waals surface area contributed by atoms with Gasteiger partial charge in [-0.1, -0.05) is 36.4 Å². The van der Waals surface area contributed by atoms with E-state index >= 15 is 0 Å². The maximum absolute atomic E-state index is 12.8. The van der Waals surface area contributed by atoms with Crippen LogP contribution < -0.4 is 9.62 Å². The van der Waals surface area contributed by atoms with Crippen molar-refractivity contribution < 1.29 is 21.6 Å². The van der Waals surface area contributed by atoms with Crippen molar-refractivity contribution in [2.45, 2.75) is 23.1 Å². The third kappa shape index (κ3) is 5.46. The second-order valence-electron chi connectivity index (χ2n) is 7.94. The highest BCUT2D eigenvalue weighted by Crippen LogP contribution is 2.24. The summed E-state index contributed by atoms with van der Waals surface area (Å²) in [5, 5.41) is 2.77. The van der Waals surface area contributed by atoms with Crippen molar-refractivity contribution in [3.8, 4) is 0 Å². The minimum absolute atomic E-state index is 0.0412. The summed E-state index contributed by atoms with van der Waals surface area (Å²) in [7, 11) is -2.96. The Hall–Kier alpha value is -3.21. The third-order valence-electron chi connectivity index (χ3n) is 5.33. The van der Waals surface area contributed by atoms with Gasteiger partial charge in [0.05, 0.1) is 21.9 Å². The molecule has 0 radical (unpaired) electrons. The van der Waals surface area contributed by atoms with Gasteiger partial charge in [-0.15, -0.1) is 0 Å². The molecule has 0 atom stereocenters. The predicted molar refractivity (Wildman–Crippen MR) is 133 cm³/mol. The molecule has 0 saturated heterocycles. The minimum atomic E-state index is -3.69. The molecule has 8 nitrogen and oxygen atoms in total. The van der Waals surface area contributed by atoms with Crippen LogP contribution in [0, 0.1) is 6.92 Å². The Kier molecular flexibility index (Phi) is 7.44. The van der Waals surface area contributed by atoms with E-state index < -0.39 is 20.0 Å². The average Bonchev–Trinajstić information content (AvgIpc) is 2.80. The second kappa shape index (κ2) is 9.96. The Morgan fingerprint density at radius 3 is 2.00 bits per heavy atom. The van der Waals surface area contributed by atoms with Gasteiger partial charge < -0.3 is 5.32 Å². The van der Waals surface area contributed by atoms with Crippen LogP contribution in [-0.4, -0.2) is 48.2 Å². The van der Waals surface area contributed by atoms with Gasteiger partial charge >= 0.3 is 0 Å². The summed E-state index contributed by atoms with van der Waals surface area (Å²) in [5.74, 6) is -0.319. The van der Waals surface area contributed by atoms with Crippen LogP contribution in [0.15, 0.2) is 82.6 Å². The van der Waals surface area contributed by atoms with E-state index in [1.54, 1.807) is 55.5 Å². The highest BCUT2D eigenvalue weighted by molar-refractivity contribution is 7.92. The molecule has 3 aromatic rings. The fourth-order valence-corrected chi connectivity index (χ4v) is 5.34. The SMILES string of the molecule is Cc1ccc(S(=O)(=O)N(C)C)cc1NC(=O)Cc1ccc(N(C)S(=O)(=O)c2ccccc2)cc1. The predicted octanol–water partition coefficient (Wildman–Crippen LogP) is 3.25. The fourth-order valence-electron chi connectivity index (χ4n) is 3.20. The number of nitrogens with one attached hydrogen (secondary N) is 1. The van der Waals surface area contributed by atoms with E-state index in [2.05, 4.69) is 5.32 Å². The number of carbonyl (C=O) groups is 1. The fraction of sp³-hybridized carbons (Fsp3) is 0.208. The first kappa shape index (κ1) is 25.4. The zero-order valence-corrected chi connectivity index (χ0v) is 21.0. The molecule has 0 bridgehead atoms. The molecule has 180 valence electrons. The van der Waals surface area contributed by atoms with Crippen LogP contribution in [0.2, 0.25) is 0 Å². The van der Waals surface area contributed by atoms with Gasteiger partial charge in [0.2, 0.25) is 15.9 Å². The van der Waals surface area contributed by atoms with Gasteiger partial charge in [0, 0.05) is 26.8 Å². The average molecular weight is 502 g/mol. The van der Waals surface area contributed by atoms with E-state index in [1.165, 1.54) is 49.7 Å². The van der Waals surface area contributed by atoms with Gasteiger partial charge in [-0.3, -0.25) is 9.10 Å². The van der Waals surface area contributed by atoms with Gasteiger partial charge in [0.1, 0.15) is 0 Å². The van der Waals surface area contributed by atoms with Crippen molar-refractivity contribution in [1.82, 2.24) is 4.31 Å². The van der Waals surface area contributed by atoms with Gasteiger partial charge in [0.25, 0.3) is 10.0 Å². The molecule has 3 rings (SSSR count). The molecule has 0 fully saturated rings. The number of aryl methyl sites for hydroxylation is 1. The lowest BCUT2D eigenvalue weighted by atomic mass is 10.1. The number of hydrogen-bond acceptors (Lipinski definition) is 5. The summed E-state index contributed by atoms with van der Waals surface area (Å²) in [6.45, 7) is 1.78. The second-order valence-corrected chi connectivity index (χ2v) is 12.1. The number of rotatable bonds is 8. The lowest BCUT2D eigenvalue weighted by Gasteiger charge is -2.19. The van der Waals surface area contributed by atoms with E-state index in [0.717, 1.165) is 9.87 Å². The van der Waals surface area contributed by atoms with E-state index in [0.29, 0.717) is 16.9 Å². The Labute approximate surface area is 200 Å². The van der Waals surface area contributed by atoms with Crippen LogP contribution in [0.3, 0.4) is 0 Å². The van der Waals surface area contributed by atoms with Crippen molar-refractivity contribution >= 4 is 37.3 Å². The summed E-state index contributed by atoms with van der Waals surface area (Å²) in [5.41, 5.74) is 2.29. The molecule has 1 amide bonds. The molecule has 34 heavy (non-hydrogen) atoms. The first-order valence-corrected chi connectivity index (χ1v) is 13.3. The maximum atomic E-state index is 12.8. The third-order valence-corrected chi connectivity index (χ3v) is 8.94. The maximum Gasteiger partial charge on any atom is 0.264 e. The molecule has 10 heteroatoms. The van der Waals surface area contributed by atoms with Crippen molar-refractivity contribution in [3.05, 3.63) is 83.9 Å².